The van der Waals surface area contributed by atoms with E-state index in [1.165, 1.54) is 340 Å². The number of nitrogens with one attached hydrogen (secondary N) is 1. The highest BCUT2D eigenvalue weighted by atomic mass is 16.3. The Bertz CT molecular complexity index is 925. The van der Waals surface area contributed by atoms with Crippen molar-refractivity contribution in [3.05, 3.63) is 0 Å². The van der Waals surface area contributed by atoms with Crippen molar-refractivity contribution in [3.63, 3.8) is 0 Å². The zero-order valence-corrected chi connectivity index (χ0v) is 47.9. The predicted molar refractivity (Wildman–Crippen MR) is 309 cm³/mol. The molecule has 0 radical (unpaired) electrons. The zero-order valence-electron chi connectivity index (χ0n) is 47.9. The maximum atomic E-state index is 12.5. The Morgan fingerprint density at radius 3 is 0.652 bits per heavy atom. The van der Waals surface area contributed by atoms with Crippen LogP contribution in [-0.4, -0.2) is 34.9 Å². The Morgan fingerprint density at radius 2 is 0.464 bits per heavy atom. The maximum Gasteiger partial charge on any atom is 0.220 e. The summed E-state index contributed by atoms with van der Waals surface area (Å²) in [6.07, 6.45) is 80.0. The van der Waals surface area contributed by atoms with Gasteiger partial charge in [0.25, 0.3) is 0 Å². The summed E-state index contributed by atoms with van der Waals surface area (Å²) >= 11 is 0. The van der Waals surface area contributed by atoms with Crippen LogP contribution in [0.5, 0.6) is 0 Å². The van der Waals surface area contributed by atoms with Crippen LogP contribution in [0.4, 0.5) is 0 Å². The van der Waals surface area contributed by atoms with Gasteiger partial charge < -0.3 is 15.5 Å². The van der Waals surface area contributed by atoms with Gasteiger partial charge in [-0.15, -0.1) is 0 Å². The molecule has 2 unspecified atom stereocenters. The predicted octanol–water partition coefficient (Wildman–Crippen LogP) is 21.9. The number of hydrogen-bond acceptors (Lipinski definition) is 3. The minimum absolute atomic E-state index is 0.0199. The second-order valence-electron chi connectivity index (χ2n) is 22.9. The quantitative estimate of drug-likeness (QED) is 0.0532. The molecule has 0 spiro atoms. The van der Waals surface area contributed by atoms with Gasteiger partial charge in [-0.25, -0.2) is 0 Å². The molecule has 0 aliphatic rings. The summed E-state index contributed by atoms with van der Waals surface area (Å²) in [5.74, 6) is -0.0199. The molecule has 0 saturated heterocycles. The van der Waals surface area contributed by atoms with Crippen LogP contribution in [-0.2, 0) is 4.79 Å². The third-order valence-electron chi connectivity index (χ3n) is 15.9. The molecule has 4 heteroatoms. The highest BCUT2D eigenvalue weighted by Crippen LogP contribution is 2.20. The van der Waals surface area contributed by atoms with E-state index in [2.05, 4.69) is 19.2 Å². The summed E-state index contributed by atoms with van der Waals surface area (Å²) < 4.78 is 0. The molecule has 0 aliphatic heterocycles. The van der Waals surface area contributed by atoms with E-state index in [0.717, 1.165) is 25.7 Å². The molecule has 0 bridgehead atoms. The molecule has 0 aromatic rings. The van der Waals surface area contributed by atoms with E-state index in [1.54, 1.807) is 0 Å². The van der Waals surface area contributed by atoms with Crippen molar-refractivity contribution in [2.24, 2.45) is 0 Å². The first-order chi connectivity index (χ1) is 34.2. The second-order valence-corrected chi connectivity index (χ2v) is 22.9. The van der Waals surface area contributed by atoms with E-state index in [1.807, 2.05) is 0 Å². The van der Waals surface area contributed by atoms with Crippen molar-refractivity contribution < 1.29 is 15.0 Å². The first-order valence-corrected chi connectivity index (χ1v) is 32.7. The second kappa shape index (κ2) is 61.7. The topological polar surface area (TPSA) is 69.6 Å². The van der Waals surface area contributed by atoms with Crippen molar-refractivity contribution in [1.29, 1.82) is 0 Å². The van der Waals surface area contributed by atoms with Crippen molar-refractivity contribution >= 4 is 5.91 Å². The van der Waals surface area contributed by atoms with E-state index in [4.69, 9.17) is 0 Å². The Balaban J connectivity index is 3.37. The van der Waals surface area contributed by atoms with Gasteiger partial charge in [0.05, 0.1) is 18.8 Å². The molecule has 0 saturated carbocycles. The van der Waals surface area contributed by atoms with E-state index in [9.17, 15) is 15.0 Å². The van der Waals surface area contributed by atoms with Crippen LogP contribution >= 0.6 is 0 Å². The largest absolute Gasteiger partial charge is 0.394 e. The van der Waals surface area contributed by atoms with Gasteiger partial charge in [0.15, 0.2) is 0 Å². The number of amides is 1. The Labute approximate surface area is 435 Å². The Morgan fingerprint density at radius 1 is 0.290 bits per heavy atom. The first-order valence-electron chi connectivity index (χ1n) is 32.7. The summed E-state index contributed by atoms with van der Waals surface area (Å²) in [5.41, 5.74) is 0. The van der Waals surface area contributed by atoms with E-state index >= 15 is 0 Å². The average molecular weight is 975 g/mol. The molecule has 69 heavy (non-hydrogen) atoms. The summed E-state index contributed by atoms with van der Waals surface area (Å²) in [6, 6.07) is -0.532. The van der Waals surface area contributed by atoms with Crippen LogP contribution in [0.25, 0.3) is 0 Å². The lowest BCUT2D eigenvalue weighted by Gasteiger charge is -2.22. The number of rotatable bonds is 62. The lowest BCUT2D eigenvalue weighted by Crippen LogP contribution is -2.45. The summed E-state index contributed by atoms with van der Waals surface area (Å²) in [6.45, 7) is 4.42. The monoisotopic (exact) mass is 974 g/mol. The van der Waals surface area contributed by atoms with Gasteiger partial charge in [0.1, 0.15) is 0 Å². The lowest BCUT2D eigenvalue weighted by atomic mass is 10.0. The summed E-state index contributed by atoms with van der Waals surface area (Å²) in [7, 11) is 0. The summed E-state index contributed by atoms with van der Waals surface area (Å²) in [4.78, 5) is 12.5. The fourth-order valence-corrected chi connectivity index (χ4v) is 10.9. The van der Waals surface area contributed by atoms with Crippen molar-refractivity contribution in [2.75, 3.05) is 6.61 Å². The smallest absolute Gasteiger partial charge is 0.220 e. The highest BCUT2D eigenvalue weighted by molar-refractivity contribution is 5.76. The molecule has 3 N–H and O–H groups in total. The van der Waals surface area contributed by atoms with Gasteiger partial charge in [-0.2, -0.15) is 0 Å². The number of carbonyl (C=O) groups excluding carboxylic acids is 1. The van der Waals surface area contributed by atoms with E-state index in [-0.39, 0.29) is 12.5 Å². The zero-order chi connectivity index (χ0) is 49.9. The fraction of sp³-hybridized carbons (Fsp3) is 0.985. The Hall–Kier alpha value is -0.610. The molecular formula is C65H131NO3. The van der Waals surface area contributed by atoms with Gasteiger partial charge in [0, 0.05) is 6.42 Å². The third kappa shape index (κ3) is 58.2. The SMILES string of the molecule is CCCCCCCCCCCCCCCCCCCCCCCCCCCCCCCC(=O)NC(CO)C(O)CCCCCCCCCCCCCCCCCCCCCCCCCCCCCC. The molecule has 0 aromatic heterocycles. The maximum absolute atomic E-state index is 12.5. The van der Waals surface area contributed by atoms with Gasteiger partial charge in [-0.3, -0.25) is 4.79 Å². The molecule has 0 heterocycles. The van der Waals surface area contributed by atoms with Crippen LogP contribution in [0, 0.1) is 0 Å². The third-order valence-corrected chi connectivity index (χ3v) is 15.9. The standard InChI is InChI=1S/C65H131NO3/c1-3-5-7-9-11-13-15-17-19-21-23-25-27-29-31-33-35-37-39-41-43-45-47-49-51-53-55-57-59-61-65(69)66-63(62-67)64(68)60-58-56-54-52-50-48-46-44-42-40-38-36-34-32-30-28-26-24-22-20-18-16-14-12-10-8-6-4-2/h63-64,67-68H,3-62H2,1-2H3,(H,66,69). The van der Waals surface area contributed by atoms with Gasteiger partial charge >= 0.3 is 0 Å². The molecule has 1 amide bonds. The van der Waals surface area contributed by atoms with Gasteiger partial charge in [0.2, 0.25) is 5.91 Å². The van der Waals surface area contributed by atoms with Crippen molar-refractivity contribution in [3.8, 4) is 0 Å². The molecular weight excluding hydrogens is 843 g/mol. The number of aliphatic hydroxyl groups is 2. The number of aliphatic hydroxyl groups excluding tert-OH is 2. The highest BCUT2D eigenvalue weighted by Gasteiger charge is 2.20. The van der Waals surface area contributed by atoms with Gasteiger partial charge in [-0.05, 0) is 12.8 Å². The number of unbranched alkanes of at least 4 members (excludes halogenated alkanes) is 55. The van der Waals surface area contributed by atoms with E-state index < -0.39 is 12.1 Å². The minimum Gasteiger partial charge on any atom is -0.394 e. The van der Waals surface area contributed by atoms with Crippen LogP contribution in [0.3, 0.4) is 0 Å². The van der Waals surface area contributed by atoms with Crippen LogP contribution in [0.1, 0.15) is 393 Å². The molecule has 4 nitrogen and oxygen atoms in total. The molecule has 0 aliphatic carbocycles. The van der Waals surface area contributed by atoms with Gasteiger partial charge in [-0.1, -0.05) is 373 Å². The minimum atomic E-state index is -0.656. The van der Waals surface area contributed by atoms with Crippen LogP contribution in [0.15, 0.2) is 0 Å². The lowest BCUT2D eigenvalue weighted by molar-refractivity contribution is -0.123. The molecule has 0 fully saturated rings. The molecule has 0 rings (SSSR count). The molecule has 0 aromatic carbocycles. The number of hydrogen-bond donors (Lipinski definition) is 3. The summed E-state index contributed by atoms with van der Waals surface area (Å²) in [5, 5.41) is 23.4. The van der Waals surface area contributed by atoms with E-state index in [0.29, 0.717) is 12.8 Å². The first kappa shape index (κ1) is 68.4. The molecule has 414 valence electrons. The normalized spacial score (nSPS) is 12.6. The van der Waals surface area contributed by atoms with Crippen LogP contribution in [0.2, 0.25) is 0 Å². The van der Waals surface area contributed by atoms with Crippen molar-refractivity contribution in [1.82, 2.24) is 5.32 Å². The van der Waals surface area contributed by atoms with Crippen molar-refractivity contribution in [2.45, 2.75) is 405 Å². The fourth-order valence-electron chi connectivity index (χ4n) is 10.9. The number of carbonyl (C=O) groups is 1. The average Bonchev–Trinajstić information content (AvgIpc) is 3.35. The van der Waals surface area contributed by atoms with Crippen LogP contribution < -0.4 is 5.32 Å². The Kier molecular flexibility index (Phi) is 61.1. The molecule has 2 atom stereocenters.